The lowest BCUT2D eigenvalue weighted by Crippen LogP contribution is -2.24. The van der Waals surface area contributed by atoms with Crippen molar-refractivity contribution < 1.29 is 0 Å². The van der Waals surface area contributed by atoms with Crippen LogP contribution in [0.5, 0.6) is 0 Å². The van der Waals surface area contributed by atoms with E-state index in [0.29, 0.717) is 10.0 Å². The number of hydrogen-bond acceptors (Lipinski definition) is 1. The second kappa shape index (κ2) is 7.31. The molecule has 2 rings (SSSR count). The molecule has 0 radical (unpaired) electrons. The molecule has 2 aromatic carbocycles. The second-order valence-electron chi connectivity index (χ2n) is 5.34. The third-order valence-corrected chi connectivity index (χ3v) is 4.39. The summed E-state index contributed by atoms with van der Waals surface area (Å²) in [6.45, 7) is 7.40. The number of benzene rings is 2. The first kappa shape index (κ1) is 16.4. The van der Waals surface area contributed by atoms with Crippen LogP contribution in [0.3, 0.4) is 0 Å². The first-order chi connectivity index (χ1) is 10.0. The zero-order chi connectivity index (χ0) is 15.4. The molecule has 1 unspecified atom stereocenters. The maximum Gasteiger partial charge on any atom is 0.0594 e. The van der Waals surface area contributed by atoms with Crippen LogP contribution in [0.25, 0.3) is 0 Å². The lowest BCUT2D eigenvalue weighted by atomic mass is 9.92. The predicted octanol–water partition coefficient (Wildman–Crippen LogP) is 5.70. The summed E-state index contributed by atoms with van der Waals surface area (Å²) >= 11 is 12.4. The van der Waals surface area contributed by atoms with Gasteiger partial charge in [0.2, 0.25) is 0 Å². The van der Waals surface area contributed by atoms with E-state index < -0.39 is 0 Å². The number of aryl methyl sites for hydroxylation is 1. The molecule has 0 aliphatic rings. The van der Waals surface area contributed by atoms with Gasteiger partial charge in [-0.1, -0.05) is 54.4 Å². The van der Waals surface area contributed by atoms with Gasteiger partial charge in [-0.05, 0) is 61.2 Å². The van der Waals surface area contributed by atoms with Gasteiger partial charge in [0.25, 0.3) is 0 Å². The zero-order valence-electron chi connectivity index (χ0n) is 12.7. The molecule has 0 aromatic heterocycles. The van der Waals surface area contributed by atoms with Crippen LogP contribution in [0, 0.1) is 13.8 Å². The van der Waals surface area contributed by atoms with E-state index in [2.05, 4.69) is 44.3 Å². The summed E-state index contributed by atoms with van der Waals surface area (Å²) in [6.07, 6.45) is 1.08. The minimum Gasteiger partial charge on any atom is -0.306 e. The number of hydrogen-bond donors (Lipinski definition) is 1. The smallest absolute Gasteiger partial charge is 0.0594 e. The van der Waals surface area contributed by atoms with Crippen molar-refractivity contribution in [1.82, 2.24) is 5.32 Å². The second-order valence-corrected chi connectivity index (χ2v) is 6.19. The highest BCUT2D eigenvalue weighted by Gasteiger charge is 2.18. The first-order valence-corrected chi connectivity index (χ1v) is 8.04. The van der Waals surface area contributed by atoms with Gasteiger partial charge >= 0.3 is 0 Å². The van der Waals surface area contributed by atoms with Gasteiger partial charge in [-0.25, -0.2) is 0 Å². The summed E-state index contributed by atoms with van der Waals surface area (Å²) in [6, 6.07) is 12.2. The van der Waals surface area contributed by atoms with Crippen LogP contribution < -0.4 is 5.32 Å². The van der Waals surface area contributed by atoms with E-state index in [4.69, 9.17) is 23.2 Å². The maximum absolute atomic E-state index is 6.42. The predicted molar refractivity (Wildman–Crippen MR) is 92.5 cm³/mol. The molecule has 2 aromatic rings. The maximum atomic E-state index is 6.42. The molecular weight excluding hydrogens is 301 g/mol. The largest absolute Gasteiger partial charge is 0.306 e. The fourth-order valence-corrected chi connectivity index (χ4v) is 3.02. The van der Waals surface area contributed by atoms with Gasteiger partial charge in [-0.3, -0.25) is 0 Å². The molecule has 0 saturated heterocycles. The Bertz CT molecular complexity index is 623. The van der Waals surface area contributed by atoms with Gasteiger partial charge in [0.1, 0.15) is 0 Å². The van der Waals surface area contributed by atoms with Crippen molar-refractivity contribution in [3.63, 3.8) is 0 Å². The molecule has 0 aliphatic heterocycles. The minimum atomic E-state index is 0.0922. The summed E-state index contributed by atoms with van der Waals surface area (Å²) in [7, 11) is 0. The van der Waals surface area contributed by atoms with Crippen LogP contribution in [-0.4, -0.2) is 6.54 Å². The summed E-state index contributed by atoms with van der Waals surface area (Å²) in [5.41, 5.74) is 4.94. The van der Waals surface area contributed by atoms with Crippen LogP contribution in [0.2, 0.25) is 10.0 Å². The SMILES string of the molecule is CCCNC(c1ccc(Cl)cc1Cl)c1cccc(C)c1C. The standard InChI is InChI=1S/C18H21Cl2N/c1-4-10-21-18(15-7-5-6-12(2)13(15)3)16-9-8-14(19)11-17(16)20/h5-9,11,18,21H,4,10H2,1-3H3. The molecule has 0 bridgehead atoms. The van der Waals surface area contributed by atoms with E-state index in [1.165, 1.54) is 16.7 Å². The van der Waals surface area contributed by atoms with E-state index in [9.17, 15) is 0 Å². The molecule has 1 N–H and O–H groups in total. The van der Waals surface area contributed by atoms with Crippen LogP contribution in [0.1, 0.15) is 41.6 Å². The Kier molecular flexibility index (Phi) is 5.69. The highest BCUT2D eigenvalue weighted by Crippen LogP contribution is 2.32. The topological polar surface area (TPSA) is 12.0 Å². The third-order valence-electron chi connectivity index (χ3n) is 3.83. The van der Waals surface area contributed by atoms with Crippen molar-refractivity contribution in [3.05, 3.63) is 68.7 Å². The Hall–Kier alpha value is -1.02. The monoisotopic (exact) mass is 321 g/mol. The van der Waals surface area contributed by atoms with Crippen LogP contribution in [0.15, 0.2) is 36.4 Å². The molecule has 0 fully saturated rings. The molecule has 0 saturated carbocycles. The molecule has 21 heavy (non-hydrogen) atoms. The lowest BCUT2D eigenvalue weighted by molar-refractivity contribution is 0.596. The lowest BCUT2D eigenvalue weighted by Gasteiger charge is -2.23. The van der Waals surface area contributed by atoms with Gasteiger partial charge in [0, 0.05) is 10.0 Å². The fourth-order valence-electron chi connectivity index (χ4n) is 2.50. The van der Waals surface area contributed by atoms with Gasteiger partial charge in [-0.15, -0.1) is 0 Å². The molecule has 0 spiro atoms. The van der Waals surface area contributed by atoms with Crippen molar-refractivity contribution >= 4 is 23.2 Å². The summed E-state index contributed by atoms with van der Waals surface area (Å²) in [5, 5.41) is 4.97. The average Bonchev–Trinajstić information content (AvgIpc) is 2.45. The van der Waals surface area contributed by atoms with Crippen LogP contribution in [0.4, 0.5) is 0 Å². The van der Waals surface area contributed by atoms with Crippen molar-refractivity contribution in [2.75, 3.05) is 6.54 Å². The fraction of sp³-hybridized carbons (Fsp3) is 0.333. The van der Waals surface area contributed by atoms with E-state index in [1.807, 2.05) is 18.2 Å². The normalized spacial score (nSPS) is 12.4. The van der Waals surface area contributed by atoms with Crippen LogP contribution >= 0.6 is 23.2 Å². The van der Waals surface area contributed by atoms with Crippen molar-refractivity contribution in [2.45, 2.75) is 33.2 Å². The number of rotatable bonds is 5. The van der Waals surface area contributed by atoms with E-state index in [1.54, 1.807) is 0 Å². The molecule has 112 valence electrons. The molecule has 0 aliphatic carbocycles. The van der Waals surface area contributed by atoms with Gasteiger partial charge < -0.3 is 5.32 Å². The van der Waals surface area contributed by atoms with E-state index >= 15 is 0 Å². The zero-order valence-corrected chi connectivity index (χ0v) is 14.2. The van der Waals surface area contributed by atoms with Crippen molar-refractivity contribution in [3.8, 4) is 0 Å². The van der Waals surface area contributed by atoms with Gasteiger partial charge in [0.15, 0.2) is 0 Å². The van der Waals surface area contributed by atoms with Gasteiger partial charge in [0.05, 0.1) is 6.04 Å². The number of nitrogens with one attached hydrogen (secondary N) is 1. The molecule has 1 atom stereocenters. The van der Waals surface area contributed by atoms with Gasteiger partial charge in [-0.2, -0.15) is 0 Å². The molecule has 3 heteroatoms. The molecule has 1 nitrogen and oxygen atoms in total. The van der Waals surface area contributed by atoms with Crippen molar-refractivity contribution in [2.24, 2.45) is 0 Å². The van der Waals surface area contributed by atoms with E-state index in [-0.39, 0.29) is 6.04 Å². The van der Waals surface area contributed by atoms with Crippen LogP contribution in [-0.2, 0) is 0 Å². The summed E-state index contributed by atoms with van der Waals surface area (Å²) in [4.78, 5) is 0. The molecule has 0 amide bonds. The third kappa shape index (κ3) is 3.79. The summed E-state index contributed by atoms with van der Waals surface area (Å²) in [5.74, 6) is 0. The van der Waals surface area contributed by atoms with Crippen molar-refractivity contribution in [1.29, 1.82) is 0 Å². The Balaban J connectivity index is 2.49. The average molecular weight is 322 g/mol. The quantitative estimate of drug-likeness (QED) is 0.744. The Morgan fingerprint density at radius 1 is 1.05 bits per heavy atom. The Morgan fingerprint density at radius 2 is 1.81 bits per heavy atom. The highest BCUT2D eigenvalue weighted by atomic mass is 35.5. The molecular formula is C18H21Cl2N. The summed E-state index contributed by atoms with van der Waals surface area (Å²) < 4.78 is 0. The van der Waals surface area contributed by atoms with E-state index in [0.717, 1.165) is 18.5 Å². The molecule has 0 heterocycles. The Morgan fingerprint density at radius 3 is 2.48 bits per heavy atom. The minimum absolute atomic E-state index is 0.0922. The first-order valence-electron chi connectivity index (χ1n) is 7.29. The Labute approximate surface area is 137 Å². The highest BCUT2D eigenvalue weighted by molar-refractivity contribution is 6.35. The number of halogens is 2.